The molecule has 0 radical (unpaired) electrons. The standard InChI is InChI=1S/C22H10ClF9N2O3/c1-36-14-4-8(2-3-13(14)37-21(35)9-5-11(24)12(25)6-10(9)23)7-33-34-20-18(28)16(26)15(22(30,31)32)17(27)19(20)29/h2-7,34H,1H3/b33-7-. The van der Waals surface area contributed by atoms with E-state index in [1.807, 2.05) is 0 Å². The lowest BCUT2D eigenvalue weighted by Gasteiger charge is -2.13. The lowest BCUT2D eigenvalue weighted by molar-refractivity contribution is -0.143. The van der Waals surface area contributed by atoms with E-state index in [1.165, 1.54) is 6.07 Å². The molecule has 37 heavy (non-hydrogen) atoms. The Kier molecular flexibility index (Phi) is 7.91. The Labute approximate surface area is 206 Å². The third-order valence-electron chi connectivity index (χ3n) is 4.56. The van der Waals surface area contributed by atoms with Crippen LogP contribution in [0.2, 0.25) is 5.02 Å². The number of hydrogen-bond acceptors (Lipinski definition) is 5. The number of esters is 1. The Balaban J connectivity index is 1.83. The Morgan fingerprint density at radius 1 is 0.919 bits per heavy atom. The normalized spacial score (nSPS) is 11.6. The summed E-state index contributed by atoms with van der Waals surface area (Å²) in [7, 11) is 1.15. The molecule has 0 bridgehead atoms. The summed E-state index contributed by atoms with van der Waals surface area (Å²) in [5.74, 6) is -14.3. The largest absolute Gasteiger partial charge is 0.493 e. The number of nitrogens with zero attached hydrogens (tertiary/aromatic N) is 1. The number of halogens is 10. The molecule has 15 heteroatoms. The zero-order valence-electron chi connectivity index (χ0n) is 17.9. The predicted octanol–water partition coefficient (Wildman–Crippen LogP) is 6.87. The van der Waals surface area contributed by atoms with Gasteiger partial charge in [0.15, 0.2) is 46.4 Å². The van der Waals surface area contributed by atoms with Gasteiger partial charge in [0.05, 0.1) is 23.9 Å². The highest BCUT2D eigenvalue weighted by Gasteiger charge is 2.42. The molecule has 5 nitrogen and oxygen atoms in total. The van der Waals surface area contributed by atoms with E-state index in [2.05, 4.69) is 5.10 Å². The van der Waals surface area contributed by atoms with Crippen LogP contribution in [0.15, 0.2) is 35.4 Å². The van der Waals surface area contributed by atoms with Gasteiger partial charge in [0.2, 0.25) is 0 Å². The van der Waals surface area contributed by atoms with Gasteiger partial charge in [0, 0.05) is 0 Å². The summed E-state index contributed by atoms with van der Waals surface area (Å²) in [5.41, 5.74) is -3.22. The van der Waals surface area contributed by atoms with E-state index in [9.17, 15) is 44.3 Å². The zero-order chi connectivity index (χ0) is 27.7. The predicted molar refractivity (Wildman–Crippen MR) is 112 cm³/mol. The lowest BCUT2D eigenvalue weighted by Crippen LogP contribution is -2.16. The van der Waals surface area contributed by atoms with Crippen LogP contribution in [0.5, 0.6) is 11.5 Å². The van der Waals surface area contributed by atoms with Crippen molar-refractivity contribution in [3.05, 3.63) is 86.9 Å². The van der Waals surface area contributed by atoms with Gasteiger partial charge < -0.3 is 9.47 Å². The molecule has 0 spiro atoms. The number of hydrazone groups is 1. The van der Waals surface area contributed by atoms with E-state index >= 15 is 0 Å². The Morgan fingerprint density at radius 2 is 1.51 bits per heavy atom. The molecular formula is C22H10ClF9N2O3. The molecule has 0 heterocycles. The van der Waals surface area contributed by atoms with Crippen LogP contribution < -0.4 is 14.9 Å². The van der Waals surface area contributed by atoms with E-state index in [4.69, 9.17) is 21.1 Å². The molecule has 3 aromatic rings. The van der Waals surface area contributed by atoms with Crippen LogP contribution in [-0.2, 0) is 6.18 Å². The number of alkyl halides is 3. The fraction of sp³-hybridized carbons (Fsp3) is 0.0909. The number of carbonyl (C=O) groups excluding carboxylic acids is 1. The minimum atomic E-state index is -5.70. The van der Waals surface area contributed by atoms with E-state index in [0.717, 1.165) is 25.5 Å². The third-order valence-corrected chi connectivity index (χ3v) is 4.87. The van der Waals surface area contributed by atoms with Crippen molar-refractivity contribution in [1.29, 1.82) is 0 Å². The smallest absolute Gasteiger partial charge is 0.422 e. The summed E-state index contributed by atoms with van der Waals surface area (Å²) >= 11 is 5.72. The molecule has 196 valence electrons. The van der Waals surface area contributed by atoms with E-state index in [1.54, 1.807) is 5.43 Å². The van der Waals surface area contributed by atoms with Crippen LogP contribution in [0.1, 0.15) is 21.5 Å². The highest BCUT2D eigenvalue weighted by molar-refractivity contribution is 6.33. The average molecular weight is 557 g/mol. The number of rotatable bonds is 6. The molecule has 0 amide bonds. The number of nitrogens with one attached hydrogen (secondary N) is 1. The van der Waals surface area contributed by atoms with Crippen molar-refractivity contribution in [1.82, 2.24) is 0 Å². The van der Waals surface area contributed by atoms with Crippen LogP contribution in [0.25, 0.3) is 0 Å². The zero-order valence-corrected chi connectivity index (χ0v) is 18.7. The van der Waals surface area contributed by atoms with Crippen molar-refractivity contribution in [2.24, 2.45) is 5.10 Å². The molecule has 0 aliphatic rings. The lowest BCUT2D eigenvalue weighted by atomic mass is 10.1. The number of ether oxygens (including phenoxy) is 2. The Bertz CT molecular complexity index is 1380. The first-order chi connectivity index (χ1) is 17.3. The van der Waals surface area contributed by atoms with Gasteiger partial charge in [-0.2, -0.15) is 18.3 Å². The number of carbonyl (C=O) groups is 1. The maximum Gasteiger partial charge on any atom is 0.422 e. The van der Waals surface area contributed by atoms with Crippen LogP contribution >= 0.6 is 11.6 Å². The Hall–Kier alpha value is -3.94. The molecular weight excluding hydrogens is 547 g/mol. The number of benzene rings is 3. The molecule has 0 atom stereocenters. The highest BCUT2D eigenvalue weighted by atomic mass is 35.5. The van der Waals surface area contributed by atoms with Gasteiger partial charge in [-0.1, -0.05) is 11.6 Å². The molecule has 3 aromatic carbocycles. The van der Waals surface area contributed by atoms with Crippen molar-refractivity contribution in [3.63, 3.8) is 0 Å². The second kappa shape index (κ2) is 10.6. The molecule has 0 aliphatic heterocycles. The Morgan fingerprint density at radius 3 is 2.08 bits per heavy atom. The van der Waals surface area contributed by atoms with Gasteiger partial charge in [-0.15, -0.1) is 0 Å². The van der Waals surface area contributed by atoms with Crippen LogP contribution in [0.4, 0.5) is 45.2 Å². The molecule has 1 N–H and O–H groups in total. The van der Waals surface area contributed by atoms with Gasteiger partial charge in [-0.05, 0) is 35.9 Å². The second-order valence-electron chi connectivity index (χ2n) is 6.92. The summed E-state index contributed by atoms with van der Waals surface area (Å²) in [5, 5.41) is 2.89. The van der Waals surface area contributed by atoms with E-state index < -0.39 is 68.9 Å². The monoisotopic (exact) mass is 556 g/mol. The van der Waals surface area contributed by atoms with Crippen molar-refractivity contribution in [2.75, 3.05) is 12.5 Å². The summed E-state index contributed by atoms with van der Waals surface area (Å²) in [6, 6.07) is 4.57. The van der Waals surface area contributed by atoms with Crippen LogP contribution in [0, 0.1) is 34.9 Å². The van der Waals surface area contributed by atoms with Crippen molar-refractivity contribution >= 4 is 29.5 Å². The summed E-state index contributed by atoms with van der Waals surface area (Å²) in [4.78, 5) is 12.3. The van der Waals surface area contributed by atoms with Crippen LogP contribution in [-0.4, -0.2) is 19.3 Å². The first-order valence-electron chi connectivity index (χ1n) is 9.53. The molecule has 0 saturated heterocycles. The first kappa shape index (κ1) is 27.6. The maximum absolute atomic E-state index is 13.9. The minimum absolute atomic E-state index is 0.0729. The average Bonchev–Trinajstić information content (AvgIpc) is 2.82. The summed E-state index contributed by atoms with van der Waals surface area (Å²) < 4.78 is 130. The second-order valence-corrected chi connectivity index (χ2v) is 7.33. The van der Waals surface area contributed by atoms with E-state index in [-0.39, 0.29) is 17.1 Å². The van der Waals surface area contributed by atoms with Crippen molar-refractivity contribution in [2.45, 2.75) is 6.18 Å². The maximum atomic E-state index is 13.9. The molecule has 0 saturated carbocycles. The van der Waals surface area contributed by atoms with Crippen molar-refractivity contribution < 1.29 is 53.8 Å². The third kappa shape index (κ3) is 5.74. The summed E-state index contributed by atoms with van der Waals surface area (Å²) in [6.07, 6.45) is -4.87. The fourth-order valence-electron chi connectivity index (χ4n) is 2.83. The van der Waals surface area contributed by atoms with Gasteiger partial charge in [0.1, 0.15) is 11.3 Å². The van der Waals surface area contributed by atoms with Gasteiger partial charge in [-0.3, -0.25) is 5.43 Å². The van der Waals surface area contributed by atoms with Gasteiger partial charge >= 0.3 is 12.1 Å². The fourth-order valence-corrected chi connectivity index (χ4v) is 3.06. The van der Waals surface area contributed by atoms with Gasteiger partial charge in [0.25, 0.3) is 0 Å². The minimum Gasteiger partial charge on any atom is -0.493 e. The van der Waals surface area contributed by atoms with E-state index in [0.29, 0.717) is 12.1 Å². The summed E-state index contributed by atoms with van der Waals surface area (Å²) in [6.45, 7) is 0. The SMILES string of the molecule is COc1cc(/C=N\Nc2c(F)c(F)c(C(F)(F)F)c(F)c2F)ccc1OC(=O)c1cc(F)c(F)cc1Cl. The molecule has 0 aromatic heterocycles. The molecule has 0 fully saturated rings. The molecule has 0 aliphatic carbocycles. The topological polar surface area (TPSA) is 59.9 Å². The van der Waals surface area contributed by atoms with Gasteiger partial charge in [-0.25, -0.2) is 31.1 Å². The number of hydrogen-bond donors (Lipinski definition) is 1. The quantitative estimate of drug-likeness (QED) is 0.0899. The number of anilines is 1. The van der Waals surface area contributed by atoms with Crippen molar-refractivity contribution in [3.8, 4) is 11.5 Å². The van der Waals surface area contributed by atoms with Crippen LogP contribution in [0.3, 0.4) is 0 Å². The molecule has 0 unspecified atom stereocenters. The first-order valence-corrected chi connectivity index (χ1v) is 9.91. The molecule has 3 rings (SSSR count). The highest BCUT2D eigenvalue weighted by Crippen LogP contribution is 2.38. The number of methoxy groups -OCH3 is 1.